The maximum Gasteiger partial charge on any atom is 0.313 e. The summed E-state index contributed by atoms with van der Waals surface area (Å²) in [5.74, 6) is 0.120. The Morgan fingerprint density at radius 2 is 1.86 bits per heavy atom. The number of rotatable bonds is 3. The molecule has 1 atom stereocenters. The number of aliphatic hydroxyl groups is 1. The number of benzene rings is 1. The molecule has 2 aliphatic heterocycles. The van der Waals surface area contributed by atoms with Crippen molar-refractivity contribution < 1.29 is 19.3 Å². The van der Waals surface area contributed by atoms with Gasteiger partial charge < -0.3 is 10.0 Å². The van der Waals surface area contributed by atoms with Crippen LogP contribution in [0, 0.1) is 12.8 Å². The first-order chi connectivity index (χ1) is 17.0. The van der Waals surface area contributed by atoms with Crippen LogP contribution in [0.4, 0.5) is 0 Å². The van der Waals surface area contributed by atoms with Crippen molar-refractivity contribution in [2.45, 2.75) is 64.6 Å². The Morgan fingerprint density at radius 3 is 2.50 bits per heavy atom. The fourth-order valence-corrected chi connectivity index (χ4v) is 6.33. The molecule has 36 heavy (non-hydrogen) atoms. The number of imidazole rings is 1. The second-order valence-electron chi connectivity index (χ2n) is 11.7. The molecule has 1 saturated heterocycles. The molecule has 1 saturated carbocycles. The molecule has 8 nitrogen and oxygen atoms in total. The number of amides is 2. The Hall–Kier alpha value is -3.26. The fraction of sp³-hybridized carbons (Fsp3) is 0.500. The summed E-state index contributed by atoms with van der Waals surface area (Å²) in [7, 11) is 0. The van der Waals surface area contributed by atoms with E-state index in [1.165, 1.54) is 5.56 Å². The average Bonchev–Trinajstić information content (AvgIpc) is 3.30. The van der Waals surface area contributed by atoms with Crippen LogP contribution in [0.3, 0.4) is 0 Å². The first-order valence-electron chi connectivity index (χ1n) is 12.9. The number of hydrogen-bond donors (Lipinski definition) is 1. The lowest BCUT2D eigenvalue weighted by molar-refractivity contribution is -0.749. The quantitative estimate of drug-likeness (QED) is 0.575. The van der Waals surface area contributed by atoms with Crippen molar-refractivity contribution in [3.05, 3.63) is 53.3 Å². The van der Waals surface area contributed by atoms with Crippen molar-refractivity contribution in [2.24, 2.45) is 5.92 Å². The molecule has 4 heterocycles. The molecular weight excluding hydrogens is 454 g/mol. The van der Waals surface area contributed by atoms with Gasteiger partial charge in [0.2, 0.25) is 17.3 Å². The highest BCUT2D eigenvalue weighted by Crippen LogP contribution is 2.40. The number of carbonyl (C=O) groups excluding carboxylic acids is 2. The maximum atomic E-state index is 13.6. The zero-order valence-electron chi connectivity index (χ0n) is 21.7. The number of hydrogen-bond acceptors (Lipinski definition) is 4. The molecule has 6 rings (SSSR count). The number of aryl methyl sites for hydroxylation is 1. The van der Waals surface area contributed by atoms with Crippen molar-refractivity contribution in [1.82, 2.24) is 19.4 Å². The normalized spacial score (nSPS) is 27.4. The molecule has 2 aromatic heterocycles. The van der Waals surface area contributed by atoms with Crippen LogP contribution in [-0.4, -0.2) is 61.6 Å². The molecule has 3 aromatic rings. The lowest BCUT2D eigenvalue weighted by Gasteiger charge is -2.46. The number of aromatic nitrogens is 3. The predicted molar refractivity (Wildman–Crippen MR) is 134 cm³/mol. The van der Waals surface area contributed by atoms with Gasteiger partial charge in [0.15, 0.2) is 6.20 Å². The van der Waals surface area contributed by atoms with Gasteiger partial charge >= 0.3 is 11.6 Å². The summed E-state index contributed by atoms with van der Waals surface area (Å²) in [6, 6.07) is 10.5. The monoisotopic (exact) mass is 488 g/mol. The van der Waals surface area contributed by atoms with Crippen molar-refractivity contribution in [3.8, 4) is 11.3 Å². The van der Waals surface area contributed by atoms with Gasteiger partial charge in [0.25, 0.3) is 0 Å². The van der Waals surface area contributed by atoms with Gasteiger partial charge in [-0.1, -0.05) is 53.3 Å². The van der Waals surface area contributed by atoms with E-state index in [-0.39, 0.29) is 23.7 Å². The Kier molecular flexibility index (Phi) is 4.90. The zero-order chi connectivity index (χ0) is 25.6. The van der Waals surface area contributed by atoms with Crippen LogP contribution in [0.25, 0.3) is 16.9 Å². The molecule has 1 aliphatic carbocycles. The molecular formula is C28H34N5O3+. The van der Waals surface area contributed by atoms with Gasteiger partial charge in [0.05, 0.1) is 12.1 Å². The molecule has 0 radical (unpaired) electrons. The van der Waals surface area contributed by atoms with Crippen molar-refractivity contribution in [2.75, 3.05) is 19.6 Å². The molecule has 1 unspecified atom stereocenters. The second kappa shape index (κ2) is 7.62. The molecule has 2 amide bonds. The third-order valence-electron chi connectivity index (χ3n) is 8.29. The SMILES string of the molecule is Cc1ccc(-c2cc(C(C)C)c3n(cc4[n+]3C3(C)CN(C(=O)C5CC(C)(O)C5)CCN3C4=O)n2)cc1. The second-order valence-corrected chi connectivity index (χ2v) is 11.7. The van der Waals surface area contributed by atoms with Crippen molar-refractivity contribution in [1.29, 1.82) is 0 Å². The van der Waals surface area contributed by atoms with Gasteiger partial charge in [0, 0.05) is 37.1 Å². The van der Waals surface area contributed by atoms with E-state index in [1.54, 1.807) is 6.92 Å². The summed E-state index contributed by atoms with van der Waals surface area (Å²) in [6.45, 7) is 11.6. The Bertz CT molecular complexity index is 1400. The van der Waals surface area contributed by atoms with Gasteiger partial charge in [-0.15, -0.1) is 0 Å². The number of nitrogens with zero attached hydrogens (tertiary/aromatic N) is 5. The van der Waals surface area contributed by atoms with Gasteiger partial charge in [-0.3, -0.25) is 14.5 Å². The maximum absolute atomic E-state index is 13.6. The van der Waals surface area contributed by atoms with Crippen LogP contribution in [0.15, 0.2) is 36.5 Å². The van der Waals surface area contributed by atoms with Crippen LogP contribution in [0.2, 0.25) is 0 Å². The van der Waals surface area contributed by atoms with E-state index in [9.17, 15) is 14.7 Å². The largest absolute Gasteiger partial charge is 0.390 e. The van der Waals surface area contributed by atoms with Crippen LogP contribution in [-0.2, 0) is 10.5 Å². The van der Waals surface area contributed by atoms with Gasteiger partial charge in [-0.05, 0) is 38.7 Å². The molecule has 3 aliphatic rings. The zero-order valence-corrected chi connectivity index (χ0v) is 21.7. The first kappa shape index (κ1) is 23.2. The van der Waals surface area contributed by atoms with Gasteiger partial charge in [0.1, 0.15) is 5.69 Å². The van der Waals surface area contributed by atoms with Crippen LogP contribution >= 0.6 is 0 Å². The molecule has 8 heteroatoms. The number of piperazine rings is 1. The van der Waals surface area contributed by atoms with Crippen LogP contribution < -0.4 is 4.57 Å². The minimum Gasteiger partial charge on any atom is -0.390 e. The third-order valence-corrected chi connectivity index (χ3v) is 8.29. The smallest absolute Gasteiger partial charge is 0.313 e. The molecule has 1 N–H and O–H groups in total. The summed E-state index contributed by atoms with van der Waals surface area (Å²) in [6.07, 6.45) is 2.84. The minimum atomic E-state index is -0.747. The highest BCUT2D eigenvalue weighted by atomic mass is 16.3. The summed E-state index contributed by atoms with van der Waals surface area (Å²) in [4.78, 5) is 30.6. The average molecular weight is 489 g/mol. The van der Waals surface area contributed by atoms with Crippen LogP contribution in [0.5, 0.6) is 0 Å². The molecule has 188 valence electrons. The Labute approximate surface area is 211 Å². The van der Waals surface area contributed by atoms with E-state index < -0.39 is 11.3 Å². The highest BCUT2D eigenvalue weighted by Gasteiger charge is 2.58. The summed E-state index contributed by atoms with van der Waals surface area (Å²) < 4.78 is 3.96. The van der Waals surface area contributed by atoms with Crippen LogP contribution in [0.1, 0.15) is 68.1 Å². The third kappa shape index (κ3) is 3.30. The molecule has 0 bridgehead atoms. The standard InChI is InChI=1S/C28H34N5O3/c1-17(2)21-12-22(19-8-6-18(3)7-9-19)29-32-15-23-26(35)31-11-10-30(16-28(31,5)33(23)24(21)32)25(34)20-13-27(4,36)14-20/h6-9,12,15,17,20,36H,10-11,13-14,16H2,1-5H3/q+1. The van der Waals surface area contributed by atoms with Crippen molar-refractivity contribution in [3.63, 3.8) is 0 Å². The van der Waals surface area contributed by atoms with Gasteiger partial charge in [-0.25, -0.2) is 0 Å². The van der Waals surface area contributed by atoms with E-state index in [4.69, 9.17) is 5.10 Å². The highest BCUT2D eigenvalue weighted by molar-refractivity contribution is 5.93. The van der Waals surface area contributed by atoms with E-state index >= 15 is 0 Å². The summed E-state index contributed by atoms with van der Waals surface area (Å²) >= 11 is 0. The van der Waals surface area contributed by atoms with Crippen molar-refractivity contribution >= 4 is 17.5 Å². The Morgan fingerprint density at radius 1 is 1.17 bits per heavy atom. The molecule has 2 fully saturated rings. The number of fused-ring (bicyclic) bond motifs is 5. The van der Waals surface area contributed by atoms with E-state index in [1.807, 2.05) is 20.5 Å². The Balaban J connectivity index is 1.44. The topological polar surface area (TPSA) is 82.0 Å². The predicted octanol–water partition coefficient (Wildman–Crippen LogP) is 2.85. The lowest BCUT2D eigenvalue weighted by Crippen LogP contribution is -2.70. The minimum absolute atomic E-state index is 0.0201. The van der Waals surface area contributed by atoms with Gasteiger partial charge in [-0.2, -0.15) is 4.57 Å². The van der Waals surface area contributed by atoms with E-state index in [0.29, 0.717) is 38.2 Å². The van der Waals surface area contributed by atoms with E-state index in [2.05, 4.69) is 62.6 Å². The summed E-state index contributed by atoms with van der Waals surface area (Å²) in [5.41, 5.74) is 4.27. The first-order valence-corrected chi connectivity index (χ1v) is 12.9. The lowest BCUT2D eigenvalue weighted by atomic mass is 9.71. The van der Waals surface area contributed by atoms with E-state index in [0.717, 1.165) is 22.5 Å². The molecule has 0 spiro atoms. The fourth-order valence-electron chi connectivity index (χ4n) is 6.33. The molecule has 1 aromatic carbocycles. The summed E-state index contributed by atoms with van der Waals surface area (Å²) in [5, 5.41) is 15.1. The number of carbonyl (C=O) groups is 2.